The number of aromatic nitrogens is 4. The molecule has 1 amide bonds. The van der Waals surface area contributed by atoms with Crippen LogP contribution < -0.4 is 15.2 Å². The number of methoxy groups -OCH3 is 1. The molecule has 35 heavy (non-hydrogen) atoms. The van der Waals surface area contributed by atoms with Gasteiger partial charge in [0.05, 0.1) is 25.3 Å². The number of benzene rings is 2. The van der Waals surface area contributed by atoms with Crippen molar-refractivity contribution < 1.29 is 9.53 Å². The molecular weight excluding hydrogens is 444 g/mol. The molecule has 3 heterocycles. The number of hydrogen-bond donors (Lipinski definition) is 0. The molecule has 0 radical (unpaired) electrons. The van der Waals surface area contributed by atoms with Crippen molar-refractivity contribution in [3.63, 3.8) is 0 Å². The summed E-state index contributed by atoms with van der Waals surface area (Å²) < 4.78 is 8.38. The summed E-state index contributed by atoms with van der Waals surface area (Å²) in [5, 5.41) is 4.80. The van der Waals surface area contributed by atoms with Crippen molar-refractivity contribution in [3.05, 3.63) is 77.0 Å². The summed E-state index contributed by atoms with van der Waals surface area (Å²) in [4.78, 5) is 34.4. The highest BCUT2D eigenvalue weighted by atomic mass is 16.5. The first kappa shape index (κ1) is 22.6. The van der Waals surface area contributed by atoms with Crippen LogP contribution in [0.4, 0.5) is 5.69 Å². The minimum absolute atomic E-state index is 0.0433. The highest BCUT2D eigenvalue weighted by Gasteiger charge is 2.21. The van der Waals surface area contributed by atoms with Crippen molar-refractivity contribution in [1.82, 2.24) is 24.2 Å². The number of carbonyl (C=O) groups excluding carboxylic acids is 1. The Hall–Kier alpha value is -4.14. The van der Waals surface area contributed by atoms with Crippen LogP contribution in [0.5, 0.6) is 5.75 Å². The summed E-state index contributed by atoms with van der Waals surface area (Å²) in [6.07, 6.45) is 3.30. The zero-order valence-electron chi connectivity index (χ0n) is 19.9. The van der Waals surface area contributed by atoms with E-state index in [2.05, 4.69) is 15.0 Å². The van der Waals surface area contributed by atoms with Crippen LogP contribution in [0.25, 0.3) is 16.7 Å². The van der Waals surface area contributed by atoms with E-state index in [0.29, 0.717) is 24.1 Å². The van der Waals surface area contributed by atoms with E-state index < -0.39 is 0 Å². The van der Waals surface area contributed by atoms with Crippen LogP contribution in [0, 0.1) is 6.92 Å². The molecule has 180 valence electrons. The van der Waals surface area contributed by atoms with E-state index in [9.17, 15) is 9.59 Å². The average molecular weight is 473 g/mol. The molecule has 1 saturated heterocycles. The number of aryl methyl sites for hydroxylation is 2. The Morgan fingerprint density at radius 1 is 0.971 bits per heavy atom. The molecule has 9 nitrogen and oxygen atoms in total. The fraction of sp³-hybridized carbons (Fsp3) is 0.308. The predicted octanol–water partition coefficient (Wildman–Crippen LogP) is 2.64. The Bertz CT molecular complexity index is 1380. The van der Waals surface area contributed by atoms with Gasteiger partial charge in [-0.3, -0.25) is 14.2 Å². The predicted molar refractivity (Wildman–Crippen MR) is 134 cm³/mol. The van der Waals surface area contributed by atoms with Crippen LogP contribution in [-0.4, -0.2) is 63.4 Å². The van der Waals surface area contributed by atoms with Crippen LogP contribution in [0.3, 0.4) is 0 Å². The quantitative estimate of drug-likeness (QED) is 0.429. The van der Waals surface area contributed by atoms with Crippen molar-refractivity contribution in [2.45, 2.75) is 19.9 Å². The summed E-state index contributed by atoms with van der Waals surface area (Å²) in [6, 6.07) is 15.8. The van der Waals surface area contributed by atoms with Crippen molar-refractivity contribution in [2.75, 3.05) is 38.2 Å². The lowest BCUT2D eigenvalue weighted by Crippen LogP contribution is -2.49. The van der Waals surface area contributed by atoms with E-state index >= 15 is 0 Å². The van der Waals surface area contributed by atoms with Crippen LogP contribution >= 0.6 is 0 Å². The number of piperazine rings is 1. The van der Waals surface area contributed by atoms with Gasteiger partial charge in [0.15, 0.2) is 5.65 Å². The first-order valence-corrected chi connectivity index (χ1v) is 11.7. The lowest BCUT2D eigenvalue weighted by Gasteiger charge is -2.36. The summed E-state index contributed by atoms with van der Waals surface area (Å²) >= 11 is 0. The minimum atomic E-state index is -0.189. The second-order valence-electron chi connectivity index (χ2n) is 8.69. The zero-order chi connectivity index (χ0) is 24.4. The average Bonchev–Trinajstić information content (AvgIpc) is 3.34. The number of ether oxygens (including phenoxy) is 1. The Kier molecular flexibility index (Phi) is 6.22. The molecule has 0 N–H and O–H groups in total. The molecule has 2 aromatic carbocycles. The normalized spacial score (nSPS) is 13.9. The van der Waals surface area contributed by atoms with Gasteiger partial charge in [0, 0.05) is 44.8 Å². The van der Waals surface area contributed by atoms with Gasteiger partial charge < -0.3 is 14.5 Å². The number of amides is 1. The van der Waals surface area contributed by atoms with E-state index in [-0.39, 0.29) is 24.4 Å². The number of carbonyl (C=O) groups is 1. The van der Waals surface area contributed by atoms with Gasteiger partial charge >= 0.3 is 0 Å². The number of hydrogen-bond acceptors (Lipinski definition) is 6. The van der Waals surface area contributed by atoms with Gasteiger partial charge in [0.25, 0.3) is 5.56 Å². The number of rotatable bonds is 6. The molecule has 1 aliphatic heterocycles. The Balaban J connectivity index is 1.21. The zero-order valence-corrected chi connectivity index (χ0v) is 19.9. The molecule has 2 aromatic heterocycles. The third-order valence-corrected chi connectivity index (χ3v) is 6.47. The molecule has 0 atom stereocenters. The standard InChI is InChI=1S/C26H28N6O3/c1-19-3-5-21(6-4-19)32-25-23(17-28-32)26(34)31(18-27-25)12-11-24(33)30-15-13-29(14-16-30)20-7-9-22(35-2)10-8-20/h3-10,17-18H,11-16H2,1-2H3. The second-order valence-corrected chi connectivity index (χ2v) is 8.69. The summed E-state index contributed by atoms with van der Waals surface area (Å²) in [6.45, 7) is 5.15. The minimum Gasteiger partial charge on any atom is -0.497 e. The molecule has 1 aliphatic rings. The molecule has 4 aromatic rings. The number of anilines is 1. The first-order chi connectivity index (χ1) is 17.0. The maximum atomic E-state index is 13.0. The van der Waals surface area contributed by atoms with Gasteiger partial charge in [0.1, 0.15) is 11.1 Å². The van der Waals surface area contributed by atoms with Crippen molar-refractivity contribution >= 4 is 22.6 Å². The van der Waals surface area contributed by atoms with E-state index in [1.54, 1.807) is 18.0 Å². The highest BCUT2D eigenvalue weighted by Crippen LogP contribution is 2.21. The fourth-order valence-electron chi connectivity index (χ4n) is 4.36. The lowest BCUT2D eigenvalue weighted by atomic mass is 10.2. The Labute approximate surface area is 203 Å². The third kappa shape index (κ3) is 4.62. The SMILES string of the molecule is COc1ccc(N2CCN(C(=O)CCn3cnc4c(cnn4-c4ccc(C)cc4)c3=O)CC2)cc1. The van der Waals surface area contributed by atoms with E-state index in [4.69, 9.17) is 4.74 Å². The molecular formula is C26H28N6O3. The van der Waals surface area contributed by atoms with Crippen LogP contribution in [0.15, 0.2) is 65.8 Å². The number of nitrogens with zero attached hydrogens (tertiary/aromatic N) is 6. The number of fused-ring (bicyclic) bond motifs is 1. The molecule has 1 fully saturated rings. The summed E-state index contributed by atoms with van der Waals surface area (Å²) in [5.41, 5.74) is 3.43. The molecule has 0 saturated carbocycles. The largest absolute Gasteiger partial charge is 0.497 e. The molecule has 0 spiro atoms. The molecule has 0 unspecified atom stereocenters. The third-order valence-electron chi connectivity index (χ3n) is 6.47. The topological polar surface area (TPSA) is 85.5 Å². The first-order valence-electron chi connectivity index (χ1n) is 11.7. The van der Waals surface area contributed by atoms with Gasteiger partial charge in [0.2, 0.25) is 5.91 Å². The lowest BCUT2D eigenvalue weighted by molar-refractivity contribution is -0.131. The van der Waals surface area contributed by atoms with Crippen LogP contribution in [-0.2, 0) is 11.3 Å². The molecule has 9 heteroatoms. The molecule has 0 aliphatic carbocycles. The van der Waals surface area contributed by atoms with Gasteiger partial charge in [-0.1, -0.05) is 17.7 Å². The Morgan fingerprint density at radius 2 is 1.66 bits per heavy atom. The highest BCUT2D eigenvalue weighted by molar-refractivity contribution is 5.77. The van der Waals surface area contributed by atoms with Crippen LogP contribution in [0.1, 0.15) is 12.0 Å². The van der Waals surface area contributed by atoms with E-state index in [0.717, 1.165) is 35.8 Å². The maximum Gasteiger partial charge on any atom is 0.264 e. The Morgan fingerprint density at radius 3 is 2.34 bits per heavy atom. The van der Waals surface area contributed by atoms with Crippen LogP contribution in [0.2, 0.25) is 0 Å². The smallest absolute Gasteiger partial charge is 0.264 e. The van der Waals surface area contributed by atoms with Gasteiger partial charge in [-0.15, -0.1) is 0 Å². The molecule has 0 bridgehead atoms. The monoisotopic (exact) mass is 472 g/mol. The van der Waals surface area contributed by atoms with Crippen molar-refractivity contribution in [3.8, 4) is 11.4 Å². The van der Waals surface area contributed by atoms with Gasteiger partial charge in [-0.25, -0.2) is 9.67 Å². The van der Waals surface area contributed by atoms with Crippen molar-refractivity contribution in [2.24, 2.45) is 0 Å². The van der Waals surface area contributed by atoms with Gasteiger partial charge in [-0.05, 0) is 43.3 Å². The summed E-state index contributed by atoms with van der Waals surface area (Å²) in [5.74, 6) is 0.870. The van der Waals surface area contributed by atoms with E-state index in [1.165, 1.54) is 10.9 Å². The fourth-order valence-corrected chi connectivity index (χ4v) is 4.36. The van der Waals surface area contributed by atoms with Gasteiger partial charge in [-0.2, -0.15) is 5.10 Å². The van der Waals surface area contributed by atoms with Crippen molar-refractivity contribution in [1.29, 1.82) is 0 Å². The van der Waals surface area contributed by atoms with E-state index in [1.807, 2.05) is 60.4 Å². The second kappa shape index (κ2) is 9.61. The maximum absolute atomic E-state index is 13.0. The summed E-state index contributed by atoms with van der Waals surface area (Å²) in [7, 11) is 1.65. The molecule has 5 rings (SSSR count).